The molecule has 1 aliphatic heterocycles. The number of carbonyl (C=O) groups excluding carboxylic acids is 1. The number of amides is 1. The molecule has 0 radical (unpaired) electrons. The lowest BCUT2D eigenvalue weighted by molar-refractivity contribution is 0.0676. The third-order valence-electron chi connectivity index (χ3n) is 2.96. The zero-order valence-corrected chi connectivity index (χ0v) is 10.9. The van der Waals surface area contributed by atoms with Gasteiger partial charge >= 0.3 is 0 Å². The second-order valence-corrected chi connectivity index (χ2v) is 4.92. The van der Waals surface area contributed by atoms with Crippen molar-refractivity contribution < 1.29 is 9.90 Å². The smallest absolute Gasteiger partial charge is 0.255 e. The highest BCUT2D eigenvalue weighted by molar-refractivity contribution is 9.10. The molecule has 1 unspecified atom stereocenters. The van der Waals surface area contributed by atoms with Crippen LogP contribution in [0.5, 0.6) is 0 Å². The number of anilines is 1. The first-order valence-corrected chi connectivity index (χ1v) is 6.25. The van der Waals surface area contributed by atoms with Crippen LogP contribution in [0.25, 0.3) is 0 Å². The molecule has 1 aromatic rings. The topological polar surface area (TPSA) is 79.5 Å². The molecule has 1 saturated heterocycles. The van der Waals surface area contributed by atoms with E-state index < -0.39 is 0 Å². The van der Waals surface area contributed by atoms with E-state index in [9.17, 15) is 9.90 Å². The van der Waals surface area contributed by atoms with Gasteiger partial charge in [-0.3, -0.25) is 4.79 Å². The number of halogens is 1. The molecule has 1 amide bonds. The van der Waals surface area contributed by atoms with E-state index in [1.807, 2.05) is 0 Å². The Hall–Kier alpha value is -1.14. The van der Waals surface area contributed by atoms with Crippen LogP contribution >= 0.6 is 15.9 Å². The van der Waals surface area contributed by atoms with E-state index in [1.165, 1.54) is 6.20 Å². The highest BCUT2D eigenvalue weighted by atomic mass is 79.9. The molecule has 6 heteroatoms. The molecule has 2 heterocycles. The summed E-state index contributed by atoms with van der Waals surface area (Å²) in [5, 5.41) is 9.21. The number of nitrogens with two attached hydrogens (primary N) is 1. The minimum absolute atomic E-state index is 0.00389. The molecule has 0 aromatic carbocycles. The number of likely N-dealkylation sites (tertiary alicyclic amines) is 1. The van der Waals surface area contributed by atoms with Gasteiger partial charge in [-0.1, -0.05) is 0 Å². The Morgan fingerprint density at radius 2 is 2.47 bits per heavy atom. The van der Waals surface area contributed by atoms with E-state index in [0.29, 0.717) is 22.4 Å². The molecule has 0 spiro atoms. The Labute approximate surface area is 108 Å². The Morgan fingerprint density at radius 3 is 3.18 bits per heavy atom. The zero-order valence-electron chi connectivity index (χ0n) is 9.27. The first-order chi connectivity index (χ1) is 8.13. The molecule has 0 saturated carbocycles. The molecule has 2 rings (SSSR count). The van der Waals surface area contributed by atoms with Gasteiger partial charge in [0.2, 0.25) is 0 Å². The van der Waals surface area contributed by atoms with Crippen LogP contribution < -0.4 is 5.73 Å². The lowest BCUT2D eigenvalue weighted by Gasteiger charge is -2.23. The number of aliphatic hydroxyl groups excluding tert-OH is 1. The van der Waals surface area contributed by atoms with Gasteiger partial charge < -0.3 is 15.7 Å². The fourth-order valence-corrected chi connectivity index (χ4v) is 2.45. The van der Waals surface area contributed by atoms with Gasteiger partial charge in [0.25, 0.3) is 5.91 Å². The molecule has 3 N–H and O–H groups in total. The second kappa shape index (κ2) is 5.01. The van der Waals surface area contributed by atoms with Gasteiger partial charge in [-0.2, -0.15) is 0 Å². The van der Waals surface area contributed by atoms with Crippen LogP contribution in [0, 0.1) is 0 Å². The average molecular weight is 300 g/mol. The quantitative estimate of drug-likeness (QED) is 0.855. The van der Waals surface area contributed by atoms with E-state index in [1.54, 1.807) is 11.0 Å². The number of rotatable bonds is 2. The molecule has 92 valence electrons. The van der Waals surface area contributed by atoms with Crippen molar-refractivity contribution in [2.45, 2.75) is 18.9 Å². The Kier molecular flexibility index (Phi) is 3.63. The summed E-state index contributed by atoms with van der Waals surface area (Å²) in [5.74, 6) is 0.207. The van der Waals surface area contributed by atoms with Gasteiger partial charge in [0.15, 0.2) is 0 Å². The SMILES string of the molecule is Nc1cc(C(=O)N2CCCC2CO)c(Br)cn1. The summed E-state index contributed by atoms with van der Waals surface area (Å²) < 4.78 is 0.625. The number of hydrogen-bond acceptors (Lipinski definition) is 4. The summed E-state index contributed by atoms with van der Waals surface area (Å²) >= 11 is 3.29. The number of pyridine rings is 1. The Morgan fingerprint density at radius 1 is 1.71 bits per heavy atom. The lowest BCUT2D eigenvalue weighted by atomic mass is 10.2. The number of nitrogen functional groups attached to an aromatic ring is 1. The van der Waals surface area contributed by atoms with Crippen molar-refractivity contribution in [3.8, 4) is 0 Å². The fraction of sp³-hybridized carbons (Fsp3) is 0.455. The van der Waals surface area contributed by atoms with Gasteiger partial charge in [0.05, 0.1) is 18.2 Å². The predicted molar refractivity (Wildman–Crippen MR) is 67.5 cm³/mol. The summed E-state index contributed by atoms with van der Waals surface area (Å²) in [6.07, 6.45) is 3.29. The Bertz CT molecular complexity index is 439. The number of hydrogen-bond donors (Lipinski definition) is 2. The summed E-state index contributed by atoms with van der Waals surface area (Å²) in [6, 6.07) is 1.47. The minimum Gasteiger partial charge on any atom is -0.394 e. The van der Waals surface area contributed by atoms with Crippen molar-refractivity contribution in [1.29, 1.82) is 0 Å². The van der Waals surface area contributed by atoms with E-state index >= 15 is 0 Å². The molecule has 0 bridgehead atoms. The van der Waals surface area contributed by atoms with Crippen molar-refractivity contribution in [1.82, 2.24) is 9.88 Å². The fourth-order valence-electron chi connectivity index (χ4n) is 2.07. The highest BCUT2D eigenvalue weighted by Crippen LogP contribution is 2.24. The maximum absolute atomic E-state index is 12.3. The monoisotopic (exact) mass is 299 g/mol. The summed E-state index contributed by atoms with van der Waals surface area (Å²) in [6.45, 7) is 0.683. The van der Waals surface area contributed by atoms with Gasteiger partial charge in [0, 0.05) is 17.2 Å². The lowest BCUT2D eigenvalue weighted by Crippen LogP contribution is -2.37. The first-order valence-electron chi connectivity index (χ1n) is 5.46. The Balaban J connectivity index is 2.27. The van der Waals surface area contributed by atoms with Gasteiger partial charge in [0.1, 0.15) is 5.82 Å². The number of aliphatic hydroxyl groups is 1. The largest absolute Gasteiger partial charge is 0.394 e. The molecule has 1 aliphatic rings. The van der Waals surface area contributed by atoms with Gasteiger partial charge in [-0.25, -0.2) is 4.98 Å². The molecule has 1 fully saturated rings. The number of aromatic nitrogens is 1. The third kappa shape index (κ3) is 2.42. The number of nitrogens with zero attached hydrogens (tertiary/aromatic N) is 2. The van der Waals surface area contributed by atoms with E-state index in [0.717, 1.165) is 12.8 Å². The van der Waals surface area contributed by atoms with Crippen LogP contribution in [0.1, 0.15) is 23.2 Å². The standard InChI is InChI=1S/C11H14BrN3O2/c12-9-5-14-10(13)4-8(9)11(17)15-3-1-2-7(15)6-16/h4-5,7,16H,1-3,6H2,(H2,13,14). The molecule has 0 aliphatic carbocycles. The van der Waals surface area contributed by atoms with Crippen LogP contribution in [0.3, 0.4) is 0 Å². The normalized spacial score (nSPS) is 19.6. The molecule has 17 heavy (non-hydrogen) atoms. The van der Waals surface area contributed by atoms with Crippen LogP contribution in [0.2, 0.25) is 0 Å². The van der Waals surface area contributed by atoms with Gasteiger partial charge in [-0.05, 0) is 34.8 Å². The average Bonchev–Trinajstić information content (AvgIpc) is 2.79. The molecule has 1 aromatic heterocycles. The van der Waals surface area contributed by atoms with Crippen LogP contribution in [0.4, 0.5) is 5.82 Å². The summed E-state index contributed by atoms with van der Waals surface area (Å²) in [5.41, 5.74) is 6.08. The minimum atomic E-state index is -0.109. The van der Waals surface area contributed by atoms with Crippen molar-refractivity contribution in [3.05, 3.63) is 22.3 Å². The predicted octanol–water partition coefficient (Wildman–Crippen LogP) is 1.02. The zero-order chi connectivity index (χ0) is 12.4. The van der Waals surface area contributed by atoms with E-state index in [2.05, 4.69) is 20.9 Å². The maximum atomic E-state index is 12.3. The van der Waals surface area contributed by atoms with Crippen LogP contribution in [0.15, 0.2) is 16.7 Å². The van der Waals surface area contributed by atoms with Crippen LogP contribution in [-0.2, 0) is 0 Å². The maximum Gasteiger partial charge on any atom is 0.255 e. The van der Waals surface area contributed by atoms with Crippen molar-refractivity contribution in [2.24, 2.45) is 0 Å². The summed E-state index contributed by atoms with van der Waals surface area (Å²) in [7, 11) is 0. The molecule has 5 nitrogen and oxygen atoms in total. The van der Waals surface area contributed by atoms with E-state index in [-0.39, 0.29) is 18.6 Å². The first kappa shape index (κ1) is 12.3. The van der Waals surface area contributed by atoms with Gasteiger partial charge in [-0.15, -0.1) is 0 Å². The molecule has 1 atom stereocenters. The third-order valence-corrected chi connectivity index (χ3v) is 3.59. The second-order valence-electron chi connectivity index (χ2n) is 4.07. The van der Waals surface area contributed by atoms with Crippen molar-refractivity contribution in [3.63, 3.8) is 0 Å². The van der Waals surface area contributed by atoms with Crippen molar-refractivity contribution in [2.75, 3.05) is 18.9 Å². The molecular weight excluding hydrogens is 286 g/mol. The highest BCUT2D eigenvalue weighted by Gasteiger charge is 2.29. The van der Waals surface area contributed by atoms with Crippen LogP contribution in [-0.4, -0.2) is 40.1 Å². The number of carbonyl (C=O) groups is 1. The molecular formula is C11H14BrN3O2. The van der Waals surface area contributed by atoms with Crippen molar-refractivity contribution >= 4 is 27.7 Å². The van der Waals surface area contributed by atoms with E-state index in [4.69, 9.17) is 5.73 Å². The summed E-state index contributed by atoms with van der Waals surface area (Å²) in [4.78, 5) is 17.9.